The standard InChI is InChI=1S/C5H9ClO3S/c1-3-4(6)2-10(8,9)5(3)7/h3-5,7H,2H2,1H3/t3-,4+,5+/m1/s1. The second-order valence-electron chi connectivity index (χ2n) is 2.60. The number of hydrogen-bond acceptors (Lipinski definition) is 3. The number of aliphatic hydroxyl groups excluding tert-OH is 1. The van der Waals surface area contributed by atoms with E-state index in [4.69, 9.17) is 16.7 Å². The molecule has 3 nitrogen and oxygen atoms in total. The highest BCUT2D eigenvalue weighted by Gasteiger charge is 2.42. The molecule has 0 spiro atoms. The van der Waals surface area contributed by atoms with Crippen molar-refractivity contribution in [3.05, 3.63) is 0 Å². The molecule has 3 atom stereocenters. The molecule has 1 N–H and O–H groups in total. The van der Waals surface area contributed by atoms with Gasteiger partial charge in [-0.3, -0.25) is 0 Å². The zero-order valence-corrected chi connectivity index (χ0v) is 7.06. The van der Waals surface area contributed by atoms with Crippen LogP contribution < -0.4 is 0 Å². The summed E-state index contributed by atoms with van der Waals surface area (Å²) >= 11 is 5.60. The van der Waals surface area contributed by atoms with E-state index in [0.717, 1.165) is 0 Å². The third kappa shape index (κ3) is 1.15. The van der Waals surface area contributed by atoms with E-state index in [2.05, 4.69) is 0 Å². The van der Waals surface area contributed by atoms with Gasteiger partial charge < -0.3 is 5.11 Å². The first kappa shape index (κ1) is 8.30. The summed E-state index contributed by atoms with van der Waals surface area (Å²) < 4.78 is 21.7. The van der Waals surface area contributed by atoms with Crippen LogP contribution in [0.1, 0.15) is 6.92 Å². The van der Waals surface area contributed by atoms with Gasteiger partial charge in [0.1, 0.15) is 0 Å². The van der Waals surface area contributed by atoms with Gasteiger partial charge >= 0.3 is 0 Å². The van der Waals surface area contributed by atoms with Crippen molar-refractivity contribution in [1.82, 2.24) is 0 Å². The van der Waals surface area contributed by atoms with Crippen LogP contribution in [0.3, 0.4) is 0 Å². The zero-order valence-electron chi connectivity index (χ0n) is 5.49. The maximum atomic E-state index is 10.8. The summed E-state index contributed by atoms with van der Waals surface area (Å²) in [6.45, 7) is 1.63. The molecular formula is C5H9ClO3S. The van der Waals surface area contributed by atoms with Crippen LogP contribution in [0.15, 0.2) is 0 Å². The summed E-state index contributed by atoms with van der Waals surface area (Å²) in [6.07, 6.45) is 0. The number of rotatable bonds is 0. The minimum absolute atomic E-state index is 0.100. The molecule has 0 amide bonds. The van der Waals surface area contributed by atoms with Crippen molar-refractivity contribution < 1.29 is 13.5 Å². The first-order valence-electron chi connectivity index (χ1n) is 2.99. The van der Waals surface area contributed by atoms with Gasteiger partial charge in [0.25, 0.3) is 0 Å². The van der Waals surface area contributed by atoms with Crippen LogP contribution in [0.25, 0.3) is 0 Å². The van der Waals surface area contributed by atoms with Crippen LogP contribution in [0.5, 0.6) is 0 Å². The molecule has 0 aromatic rings. The number of hydrogen-bond donors (Lipinski definition) is 1. The minimum atomic E-state index is -3.30. The lowest BCUT2D eigenvalue weighted by Crippen LogP contribution is -2.20. The molecule has 60 valence electrons. The largest absolute Gasteiger partial charge is 0.377 e. The molecule has 5 heteroatoms. The first-order valence-corrected chi connectivity index (χ1v) is 5.14. The monoisotopic (exact) mass is 184 g/mol. The van der Waals surface area contributed by atoms with E-state index >= 15 is 0 Å². The van der Waals surface area contributed by atoms with Crippen LogP contribution in [-0.4, -0.2) is 30.1 Å². The van der Waals surface area contributed by atoms with E-state index in [1.807, 2.05) is 0 Å². The van der Waals surface area contributed by atoms with Crippen molar-refractivity contribution in [2.75, 3.05) is 5.75 Å². The number of aliphatic hydroxyl groups is 1. The molecule has 1 fully saturated rings. The Bertz CT molecular complexity index is 223. The molecule has 0 radical (unpaired) electrons. The van der Waals surface area contributed by atoms with Gasteiger partial charge in [0.05, 0.1) is 11.1 Å². The Kier molecular flexibility index (Phi) is 1.96. The smallest absolute Gasteiger partial charge is 0.178 e. The predicted molar refractivity (Wildman–Crippen MR) is 38.6 cm³/mol. The van der Waals surface area contributed by atoms with E-state index in [9.17, 15) is 8.42 Å². The highest BCUT2D eigenvalue weighted by atomic mass is 35.5. The fraction of sp³-hybridized carbons (Fsp3) is 1.00. The summed E-state index contributed by atoms with van der Waals surface area (Å²) in [7, 11) is -3.30. The molecule has 1 aliphatic heterocycles. The summed E-state index contributed by atoms with van der Waals surface area (Å²) in [5.74, 6) is -0.441. The third-order valence-electron chi connectivity index (χ3n) is 1.78. The molecule has 0 bridgehead atoms. The van der Waals surface area contributed by atoms with Crippen molar-refractivity contribution in [2.24, 2.45) is 5.92 Å². The highest BCUT2D eigenvalue weighted by molar-refractivity contribution is 7.92. The van der Waals surface area contributed by atoms with E-state index in [1.54, 1.807) is 6.92 Å². The van der Waals surface area contributed by atoms with Crippen LogP contribution in [-0.2, 0) is 9.84 Å². The summed E-state index contributed by atoms with van der Waals surface area (Å²) in [5.41, 5.74) is -1.25. The lowest BCUT2D eigenvalue weighted by molar-refractivity contribution is 0.202. The Morgan fingerprint density at radius 1 is 1.60 bits per heavy atom. The van der Waals surface area contributed by atoms with E-state index < -0.39 is 20.7 Å². The lowest BCUT2D eigenvalue weighted by Gasteiger charge is -2.07. The molecule has 1 saturated heterocycles. The predicted octanol–water partition coefficient (Wildman–Crippen LogP) is -0.0233. The third-order valence-corrected chi connectivity index (χ3v) is 4.50. The minimum Gasteiger partial charge on any atom is -0.377 e. The molecule has 10 heavy (non-hydrogen) atoms. The average Bonchev–Trinajstić information content (AvgIpc) is 1.95. The summed E-state index contributed by atoms with van der Waals surface area (Å²) in [4.78, 5) is 0. The maximum Gasteiger partial charge on any atom is 0.178 e. The van der Waals surface area contributed by atoms with E-state index in [1.165, 1.54) is 0 Å². The van der Waals surface area contributed by atoms with E-state index in [-0.39, 0.29) is 11.7 Å². The van der Waals surface area contributed by atoms with Gasteiger partial charge in [-0.15, -0.1) is 11.6 Å². The second-order valence-corrected chi connectivity index (χ2v) is 5.30. The van der Waals surface area contributed by atoms with Gasteiger partial charge in [-0.05, 0) is 0 Å². The molecule has 1 rings (SSSR count). The Balaban J connectivity index is 2.93. The van der Waals surface area contributed by atoms with Gasteiger partial charge in [-0.2, -0.15) is 0 Å². The normalized spacial score (nSPS) is 45.7. The molecule has 1 aliphatic rings. The molecule has 0 aromatic carbocycles. The lowest BCUT2D eigenvalue weighted by atomic mass is 10.1. The van der Waals surface area contributed by atoms with Gasteiger partial charge in [0, 0.05) is 5.92 Å². The zero-order chi connectivity index (χ0) is 7.94. The fourth-order valence-electron chi connectivity index (χ4n) is 0.978. The summed E-state index contributed by atoms with van der Waals surface area (Å²) in [6, 6.07) is 0. The topological polar surface area (TPSA) is 54.4 Å². The molecular weight excluding hydrogens is 176 g/mol. The van der Waals surface area contributed by atoms with Gasteiger partial charge in [-0.1, -0.05) is 6.92 Å². The second kappa shape index (κ2) is 2.36. The Hall–Kier alpha value is 0.200. The van der Waals surface area contributed by atoms with Gasteiger partial charge in [-0.25, -0.2) is 8.42 Å². The maximum absolute atomic E-state index is 10.8. The quantitative estimate of drug-likeness (QED) is 0.539. The van der Waals surface area contributed by atoms with Crippen molar-refractivity contribution in [3.63, 3.8) is 0 Å². The van der Waals surface area contributed by atoms with Crippen LogP contribution in [0, 0.1) is 5.92 Å². The SMILES string of the molecule is C[C@H]1[C@@H](O)S(=O)(=O)C[C@@H]1Cl. The Labute approximate surface area is 64.9 Å². The number of alkyl halides is 1. The van der Waals surface area contributed by atoms with Gasteiger partial charge in [0.2, 0.25) is 0 Å². The van der Waals surface area contributed by atoms with E-state index in [0.29, 0.717) is 0 Å². The van der Waals surface area contributed by atoms with Crippen molar-refractivity contribution >= 4 is 21.4 Å². The van der Waals surface area contributed by atoms with Crippen LogP contribution in [0.2, 0.25) is 0 Å². The Morgan fingerprint density at radius 3 is 2.20 bits per heavy atom. The number of halogens is 1. The van der Waals surface area contributed by atoms with Crippen molar-refractivity contribution in [2.45, 2.75) is 17.7 Å². The van der Waals surface area contributed by atoms with Crippen LogP contribution >= 0.6 is 11.6 Å². The number of sulfone groups is 1. The average molecular weight is 185 g/mol. The van der Waals surface area contributed by atoms with Gasteiger partial charge in [0.15, 0.2) is 15.3 Å². The molecule has 0 aliphatic carbocycles. The molecule has 0 aromatic heterocycles. The van der Waals surface area contributed by atoms with Crippen molar-refractivity contribution in [3.8, 4) is 0 Å². The Morgan fingerprint density at radius 2 is 2.10 bits per heavy atom. The molecule has 0 saturated carbocycles. The fourth-order valence-corrected chi connectivity index (χ4v) is 3.52. The van der Waals surface area contributed by atoms with Crippen molar-refractivity contribution in [1.29, 1.82) is 0 Å². The molecule has 0 unspecified atom stereocenters. The highest BCUT2D eigenvalue weighted by Crippen LogP contribution is 2.28. The van der Waals surface area contributed by atoms with Crippen LogP contribution in [0.4, 0.5) is 0 Å². The first-order chi connectivity index (χ1) is 4.45. The molecule has 1 heterocycles. The summed E-state index contributed by atoms with van der Waals surface area (Å²) in [5, 5.41) is 8.59.